The normalized spacial score (nSPS) is 23.8. The molecule has 0 spiro atoms. The van der Waals surface area contributed by atoms with Crippen LogP contribution in [-0.4, -0.2) is 95.0 Å². The number of thiophene rings is 1. The summed E-state index contributed by atoms with van der Waals surface area (Å²) in [5, 5.41) is 24.0. The highest BCUT2D eigenvalue weighted by Crippen LogP contribution is 2.47. The molecule has 1 unspecified atom stereocenters. The average Bonchev–Trinajstić information content (AvgIpc) is 3.67. The van der Waals surface area contributed by atoms with E-state index in [0.717, 1.165) is 36.8 Å². The van der Waals surface area contributed by atoms with E-state index in [1.807, 2.05) is 6.07 Å². The number of anilines is 2. The molecule has 4 aromatic rings. The molecule has 3 fully saturated rings. The third kappa shape index (κ3) is 6.82. The van der Waals surface area contributed by atoms with Gasteiger partial charge in [0.25, 0.3) is 0 Å². The summed E-state index contributed by atoms with van der Waals surface area (Å²) in [5.41, 5.74) is -2.96. The van der Waals surface area contributed by atoms with Crippen LogP contribution in [0.3, 0.4) is 0 Å². The zero-order valence-corrected chi connectivity index (χ0v) is 30.7. The van der Waals surface area contributed by atoms with E-state index in [1.54, 1.807) is 32.6 Å². The third-order valence-corrected chi connectivity index (χ3v) is 11.0. The summed E-state index contributed by atoms with van der Waals surface area (Å²) in [7, 11) is 0. The second-order valence-corrected chi connectivity index (χ2v) is 16.4. The lowest BCUT2D eigenvalue weighted by Crippen LogP contribution is -2.44. The first-order valence-electron chi connectivity index (χ1n) is 17.0. The zero-order chi connectivity index (χ0) is 37.2. The molecule has 0 saturated carbocycles. The number of fused-ring (bicyclic) bond motifs is 3. The van der Waals surface area contributed by atoms with E-state index < -0.39 is 40.6 Å². The predicted octanol–water partition coefficient (Wildman–Crippen LogP) is 7.20. The summed E-state index contributed by atoms with van der Waals surface area (Å²) < 4.78 is 64.3. The summed E-state index contributed by atoms with van der Waals surface area (Å²) in [6, 6.07) is 5.83. The van der Waals surface area contributed by atoms with Crippen molar-refractivity contribution < 1.29 is 37.3 Å². The molecule has 5 heterocycles. The lowest BCUT2D eigenvalue weighted by Gasteiger charge is -2.31. The molecule has 2 aromatic heterocycles. The Morgan fingerprint density at radius 1 is 1.29 bits per heavy atom. The minimum Gasteiger partial charge on any atom is -0.461 e. The summed E-state index contributed by atoms with van der Waals surface area (Å²) >= 11 is 7.69. The Kier molecular flexibility index (Phi) is 9.44. The van der Waals surface area contributed by atoms with Crippen LogP contribution in [0.15, 0.2) is 18.2 Å². The lowest BCUT2D eigenvalue weighted by atomic mass is 9.95. The molecule has 276 valence electrons. The van der Waals surface area contributed by atoms with Crippen LogP contribution in [-0.2, 0) is 9.47 Å². The quantitative estimate of drug-likeness (QED) is 0.208. The Morgan fingerprint density at radius 2 is 2.08 bits per heavy atom. The number of benzene rings is 2. The van der Waals surface area contributed by atoms with Crippen LogP contribution >= 0.6 is 22.9 Å². The van der Waals surface area contributed by atoms with E-state index in [2.05, 4.69) is 15.2 Å². The number of aromatic nitrogens is 2. The fraction of sp³-hybridized carbons (Fsp3) is 0.500. The Hall–Kier alpha value is -3.94. The van der Waals surface area contributed by atoms with Gasteiger partial charge in [-0.05, 0) is 64.8 Å². The lowest BCUT2D eigenvalue weighted by molar-refractivity contribution is -0.0123. The molecule has 3 aliphatic rings. The van der Waals surface area contributed by atoms with Crippen molar-refractivity contribution in [1.82, 2.24) is 14.9 Å². The maximum absolute atomic E-state index is 17.2. The van der Waals surface area contributed by atoms with Gasteiger partial charge in [-0.25, -0.2) is 18.0 Å². The monoisotopic (exact) mass is 758 g/mol. The van der Waals surface area contributed by atoms with E-state index in [0.29, 0.717) is 19.5 Å². The van der Waals surface area contributed by atoms with Gasteiger partial charge in [-0.3, -0.25) is 10.2 Å². The number of ether oxygens (including phenoxy) is 3. The van der Waals surface area contributed by atoms with Gasteiger partial charge in [-0.15, -0.1) is 11.3 Å². The minimum atomic E-state index is -1.27. The van der Waals surface area contributed by atoms with E-state index in [4.69, 9.17) is 30.8 Å². The van der Waals surface area contributed by atoms with E-state index in [1.165, 1.54) is 12.1 Å². The number of alkyl halides is 1. The van der Waals surface area contributed by atoms with E-state index >= 15 is 8.78 Å². The van der Waals surface area contributed by atoms with Gasteiger partial charge in [0.15, 0.2) is 5.82 Å². The van der Waals surface area contributed by atoms with Gasteiger partial charge in [0.2, 0.25) is 0 Å². The Bertz CT molecular complexity index is 2120. The smallest absolute Gasteiger partial charge is 0.412 e. The number of nitriles is 1. The van der Waals surface area contributed by atoms with Gasteiger partial charge in [-0.1, -0.05) is 17.7 Å². The highest BCUT2D eigenvalue weighted by atomic mass is 35.5. The topological polar surface area (TPSA) is 133 Å². The zero-order valence-electron chi connectivity index (χ0n) is 29.1. The number of aliphatic hydroxyl groups is 1. The summed E-state index contributed by atoms with van der Waals surface area (Å²) in [4.78, 5) is 25.7. The van der Waals surface area contributed by atoms with E-state index in [-0.39, 0.29) is 85.9 Å². The van der Waals surface area contributed by atoms with Gasteiger partial charge >= 0.3 is 12.1 Å². The van der Waals surface area contributed by atoms with Gasteiger partial charge in [0.1, 0.15) is 52.2 Å². The highest BCUT2D eigenvalue weighted by Gasteiger charge is 2.49. The van der Waals surface area contributed by atoms with Crippen LogP contribution in [0.1, 0.15) is 52.5 Å². The fourth-order valence-electron chi connectivity index (χ4n) is 7.51. The third-order valence-electron chi connectivity index (χ3n) is 9.61. The number of halogens is 4. The van der Waals surface area contributed by atoms with Crippen LogP contribution < -0.4 is 15.0 Å². The van der Waals surface area contributed by atoms with Gasteiger partial charge in [0.05, 0.1) is 40.6 Å². The maximum atomic E-state index is 17.2. The van der Waals surface area contributed by atoms with Crippen molar-refractivity contribution in [2.24, 2.45) is 0 Å². The first kappa shape index (κ1) is 36.4. The minimum absolute atomic E-state index is 0.00188. The molecular formula is C36H38ClF3N6O5S. The van der Waals surface area contributed by atoms with Crippen molar-refractivity contribution in [3.05, 3.63) is 40.4 Å². The molecule has 16 heteroatoms. The van der Waals surface area contributed by atoms with Crippen molar-refractivity contribution in [2.75, 3.05) is 56.2 Å². The molecule has 2 aromatic carbocycles. The van der Waals surface area contributed by atoms with Gasteiger partial charge in [-0.2, -0.15) is 15.2 Å². The molecule has 3 saturated heterocycles. The standard InChI is InChI=1S/C36H38ClF3N6O5S/c1-34(2,3)51-33(47)44-31-22(14-41)25-20(6-7-24(39)29(25)52-31)26-23(37)12-21-28(27(26)40)42-32(43-30(21)45-10-11-49-17-35(4,48)16-45)50-18-36-8-5-9-46(36)15-19(38)13-36/h6-7,12,19,48H,5,8-11,13,15-18H2,1-4H3,(H,44,47)/t19-,35?,36+/m1/s1. The Labute approximate surface area is 307 Å². The van der Waals surface area contributed by atoms with Crippen LogP contribution in [0, 0.1) is 23.0 Å². The molecule has 0 bridgehead atoms. The van der Waals surface area contributed by atoms with Gasteiger partial charge in [0, 0.05) is 35.8 Å². The van der Waals surface area contributed by atoms with Crippen LogP contribution in [0.25, 0.3) is 32.1 Å². The number of hydrogen-bond donors (Lipinski definition) is 2. The summed E-state index contributed by atoms with van der Waals surface area (Å²) in [5.74, 6) is -1.33. The maximum Gasteiger partial charge on any atom is 0.412 e. The number of hydrogen-bond acceptors (Lipinski definition) is 11. The number of carbonyl (C=O) groups excluding carboxylic acids is 1. The largest absolute Gasteiger partial charge is 0.461 e. The summed E-state index contributed by atoms with van der Waals surface area (Å²) in [6.07, 6.45) is 0.110. The predicted molar refractivity (Wildman–Crippen MR) is 192 cm³/mol. The number of β-amino-alcohol motifs (C(OH)–C–C–N with tert-alkyl or cyclic N) is 1. The molecule has 11 nitrogen and oxygen atoms in total. The van der Waals surface area contributed by atoms with Crippen LogP contribution in [0.4, 0.5) is 28.8 Å². The number of carbonyl (C=O) groups is 1. The molecule has 2 N–H and O–H groups in total. The molecule has 3 atom stereocenters. The molecule has 0 radical (unpaired) electrons. The molecule has 1 amide bonds. The van der Waals surface area contributed by atoms with Crippen molar-refractivity contribution in [1.29, 1.82) is 5.26 Å². The molecule has 52 heavy (non-hydrogen) atoms. The van der Waals surface area contributed by atoms with Crippen LogP contribution in [0.5, 0.6) is 6.01 Å². The number of nitrogens with zero attached hydrogens (tertiary/aromatic N) is 5. The van der Waals surface area contributed by atoms with Crippen molar-refractivity contribution in [2.45, 2.75) is 69.9 Å². The Balaban J connectivity index is 1.38. The van der Waals surface area contributed by atoms with Crippen molar-refractivity contribution in [3.63, 3.8) is 0 Å². The molecule has 7 rings (SSSR count). The van der Waals surface area contributed by atoms with Gasteiger partial charge < -0.3 is 24.2 Å². The molecular weight excluding hydrogens is 721 g/mol. The first-order valence-corrected chi connectivity index (χ1v) is 18.2. The summed E-state index contributed by atoms with van der Waals surface area (Å²) in [6.45, 7) is 8.54. The number of rotatable bonds is 6. The first-order chi connectivity index (χ1) is 24.6. The SMILES string of the molecule is CC1(O)COCCN(c2nc(OC[C@@]34CCCN3C[C@H](F)C4)nc3c(F)c(-c4ccc(F)c5sc(NC(=O)OC(C)(C)C)c(C#N)c45)c(Cl)cc23)C1. The van der Waals surface area contributed by atoms with Crippen molar-refractivity contribution >= 4 is 60.8 Å². The highest BCUT2D eigenvalue weighted by molar-refractivity contribution is 7.23. The fourth-order valence-corrected chi connectivity index (χ4v) is 8.88. The molecule has 0 aliphatic carbocycles. The number of amides is 1. The van der Waals surface area contributed by atoms with Crippen molar-refractivity contribution in [3.8, 4) is 23.2 Å². The number of nitrogens with one attached hydrogen (secondary N) is 1. The second-order valence-electron chi connectivity index (χ2n) is 15.0. The van der Waals surface area contributed by atoms with Crippen LogP contribution in [0.2, 0.25) is 5.02 Å². The Morgan fingerprint density at radius 3 is 2.83 bits per heavy atom. The molecule has 3 aliphatic heterocycles. The van der Waals surface area contributed by atoms with E-state index in [9.17, 15) is 19.6 Å². The average molecular weight is 759 g/mol. The second kappa shape index (κ2) is 13.5.